The lowest BCUT2D eigenvalue weighted by atomic mass is 9.60. The van der Waals surface area contributed by atoms with Crippen molar-refractivity contribution in [3.63, 3.8) is 0 Å². The third kappa shape index (κ3) is 11.7. The molecular formula is C26H50N2O2S2. The van der Waals surface area contributed by atoms with Gasteiger partial charge in [-0.25, -0.2) is 0 Å². The molecule has 32 heavy (non-hydrogen) atoms. The smallest absolute Gasteiger partial charge is 0.279 e. The topological polar surface area (TPSA) is 64.3 Å². The predicted octanol–water partition coefficient (Wildman–Crippen LogP) is 7.63. The summed E-state index contributed by atoms with van der Waals surface area (Å²) in [6.45, 7) is 11.9. The summed E-state index contributed by atoms with van der Waals surface area (Å²) < 4.78 is 5.90. The lowest BCUT2D eigenvalue weighted by Crippen LogP contribution is -2.55. The zero-order valence-corrected chi connectivity index (χ0v) is 23.1. The Hall–Kier alpha value is -0.330. The molecule has 0 radical (unpaired) electrons. The molecule has 3 unspecified atom stereocenters. The van der Waals surface area contributed by atoms with E-state index >= 15 is 0 Å². The van der Waals surface area contributed by atoms with Crippen LogP contribution in [0.5, 0.6) is 0 Å². The molecule has 1 rings (SSSR count). The highest BCUT2D eigenvalue weighted by Crippen LogP contribution is 2.48. The van der Waals surface area contributed by atoms with Crippen LogP contribution in [-0.4, -0.2) is 34.7 Å². The summed E-state index contributed by atoms with van der Waals surface area (Å²) >= 11 is 7.02. The minimum absolute atomic E-state index is 0.100. The Kier molecular flexibility index (Phi) is 14.4. The molecule has 1 fully saturated rings. The third-order valence-electron chi connectivity index (χ3n) is 6.69. The van der Waals surface area contributed by atoms with Crippen molar-refractivity contribution in [1.29, 1.82) is 0 Å². The van der Waals surface area contributed by atoms with Crippen molar-refractivity contribution in [2.75, 3.05) is 12.4 Å². The zero-order valence-electron chi connectivity index (χ0n) is 21.5. The number of nitrogens with one attached hydrogen (secondary N) is 1. The number of rotatable bonds is 15. The Labute approximate surface area is 208 Å². The predicted molar refractivity (Wildman–Crippen MR) is 145 cm³/mol. The van der Waals surface area contributed by atoms with Gasteiger partial charge in [0.25, 0.3) is 5.24 Å². The monoisotopic (exact) mass is 486 g/mol. The molecule has 0 bridgehead atoms. The number of hydrogen-bond acceptors (Lipinski definition) is 5. The zero-order chi connectivity index (χ0) is 24.0. The highest BCUT2D eigenvalue weighted by atomic mass is 32.2. The van der Waals surface area contributed by atoms with Crippen LogP contribution in [0, 0.1) is 10.8 Å². The van der Waals surface area contributed by atoms with E-state index in [1.54, 1.807) is 0 Å². The molecule has 1 saturated carbocycles. The fourth-order valence-electron chi connectivity index (χ4n) is 5.21. The van der Waals surface area contributed by atoms with Gasteiger partial charge in [0.2, 0.25) is 0 Å². The molecule has 1 aliphatic carbocycles. The summed E-state index contributed by atoms with van der Waals surface area (Å²) in [5, 5.41) is 3.92. The van der Waals surface area contributed by atoms with Crippen molar-refractivity contribution in [1.82, 2.24) is 5.32 Å². The van der Waals surface area contributed by atoms with Gasteiger partial charge in [-0.15, -0.1) is 0 Å². The maximum absolute atomic E-state index is 12.5. The van der Waals surface area contributed by atoms with E-state index in [-0.39, 0.29) is 28.2 Å². The first kappa shape index (κ1) is 29.7. The first-order valence-electron chi connectivity index (χ1n) is 13.0. The summed E-state index contributed by atoms with van der Waals surface area (Å²) in [6, 6.07) is -0.162. The molecule has 1 amide bonds. The molecule has 6 heteroatoms. The molecular weight excluding hydrogens is 436 g/mol. The lowest BCUT2D eigenvalue weighted by molar-refractivity contribution is 0.0642. The number of unbranched alkanes of at least 4 members (excludes halogenated alkanes) is 8. The van der Waals surface area contributed by atoms with E-state index in [4.69, 9.17) is 22.7 Å². The fraction of sp³-hybridized carbons (Fsp3) is 0.923. The Bertz CT molecular complexity index is 556. The molecule has 3 N–H and O–H groups in total. The van der Waals surface area contributed by atoms with Crippen LogP contribution in [0.25, 0.3) is 0 Å². The van der Waals surface area contributed by atoms with E-state index in [0.717, 1.165) is 37.9 Å². The van der Waals surface area contributed by atoms with Gasteiger partial charge >= 0.3 is 0 Å². The summed E-state index contributed by atoms with van der Waals surface area (Å²) in [5.74, 6) is 0.901. The van der Waals surface area contributed by atoms with Crippen LogP contribution >= 0.6 is 24.0 Å². The normalized spacial score (nSPS) is 23.5. The number of thiocarbonyl (C=S) groups is 1. The van der Waals surface area contributed by atoms with Gasteiger partial charge in [-0.2, -0.15) is 0 Å². The first-order valence-corrected chi connectivity index (χ1v) is 14.4. The molecule has 0 aromatic heterocycles. The van der Waals surface area contributed by atoms with Crippen LogP contribution < -0.4 is 11.1 Å². The van der Waals surface area contributed by atoms with Crippen LogP contribution in [0.3, 0.4) is 0 Å². The standard InChI is InChI=1S/C26H50N2O2S2/c1-6-8-10-12-14-16-30-23(31)22(27)26(5)19-21(18-25(3,4)20-26)28-24(29)32-17-15-13-11-9-7-2/h21-22H,6-20,27H2,1-5H3,(H,28,29). The minimum atomic E-state index is -0.293. The van der Waals surface area contributed by atoms with Crippen LogP contribution in [0.1, 0.15) is 118 Å². The maximum Gasteiger partial charge on any atom is 0.279 e. The van der Waals surface area contributed by atoms with Crippen molar-refractivity contribution in [3.8, 4) is 0 Å². The Morgan fingerprint density at radius 3 is 2.25 bits per heavy atom. The van der Waals surface area contributed by atoms with E-state index in [9.17, 15) is 4.79 Å². The molecule has 0 aliphatic heterocycles. The van der Waals surface area contributed by atoms with Crippen LogP contribution in [-0.2, 0) is 4.74 Å². The Morgan fingerprint density at radius 2 is 1.62 bits per heavy atom. The van der Waals surface area contributed by atoms with Gasteiger partial charge in [0.1, 0.15) is 0 Å². The molecule has 3 atom stereocenters. The second kappa shape index (κ2) is 15.5. The fourth-order valence-corrected chi connectivity index (χ4v) is 6.36. The average Bonchev–Trinajstić information content (AvgIpc) is 2.70. The number of hydrogen-bond donors (Lipinski definition) is 2. The van der Waals surface area contributed by atoms with Crippen LogP contribution in [0.2, 0.25) is 0 Å². The van der Waals surface area contributed by atoms with Gasteiger partial charge < -0.3 is 15.8 Å². The highest BCUT2D eigenvalue weighted by Gasteiger charge is 2.46. The van der Waals surface area contributed by atoms with Crippen LogP contribution in [0.4, 0.5) is 4.79 Å². The van der Waals surface area contributed by atoms with Crippen molar-refractivity contribution in [2.45, 2.75) is 130 Å². The molecule has 0 aromatic rings. The summed E-state index contributed by atoms with van der Waals surface area (Å²) in [5.41, 5.74) is 6.58. The maximum atomic E-state index is 12.5. The number of nitrogens with two attached hydrogens (primary N) is 1. The van der Waals surface area contributed by atoms with Gasteiger partial charge in [0.05, 0.1) is 12.6 Å². The van der Waals surface area contributed by atoms with Gasteiger partial charge in [-0.3, -0.25) is 4.79 Å². The first-order chi connectivity index (χ1) is 15.1. The molecule has 0 saturated heterocycles. The van der Waals surface area contributed by atoms with Crippen molar-refractivity contribution < 1.29 is 9.53 Å². The number of ether oxygens (including phenoxy) is 1. The van der Waals surface area contributed by atoms with E-state index < -0.39 is 0 Å². The molecule has 0 spiro atoms. The van der Waals surface area contributed by atoms with E-state index in [1.165, 1.54) is 63.1 Å². The average molecular weight is 487 g/mol. The Balaban J connectivity index is 2.51. The largest absolute Gasteiger partial charge is 0.485 e. The number of amides is 1. The van der Waals surface area contributed by atoms with E-state index in [2.05, 4.69) is 39.9 Å². The van der Waals surface area contributed by atoms with Gasteiger partial charge in [-0.1, -0.05) is 97.7 Å². The summed E-state index contributed by atoms with van der Waals surface area (Å²) in [6.07, 6.45) is 14.9. The molecule has 0 aromatic carbocycles. The molecule has 1 aliphatic rings. The van der Waals surface area contributed by atoms with Crippen LogP contribution in [0.15, 0.2) is 0 Å². The van der Waals surface area contributed by atoms with Gasteiger partial charge in [0.15, 0.2) is 5.05 Å². The van der Waals surface area contributed by atoms with Crippen molar-refractivity contribution in [3.05, 3.63) is 0 Å². The number of carbonyl (C=O) groups is 1. The molecule has 4 nitrogen and oxygen atoms in total. The van der Waals surface area contributed by atoms with Gasteiger partial charge in [0, 0.05) is 11.8 Å². The second-order valence-corrected chi connectivity index (χ2v) is 12.3. The Morgan fingerprint density at radius 1 is 1.03 bits per heavy atom. The van der Waals surface area contributed by atoms with Gasteiger partial charge in [-0.05, 0) is 55.2 Å². The van der Waals surface area contributed by atoms with Crippen molar-refractivity contribution >= 4 is 34.3 Å². The SMILES string of the molecule is CCCCCCCOC(=S)C(N)C1(C)CC(NC(=O)SCCCCCCC)CC(C)(C)C1. The minimum Gasteiger partial charge on any atom is -0.485 e. The van der Waals surface area contributed by atoms with E-state index in [1.807, 2.05) is 0 Å². The molecule has 0 heterocycles. The second-order valence-electron chi connectivity index (χ2n) is 10.9. The number of thioether (sulfide) groups is 1. The quantitative estimate of drug-likeness (QED) is 0.184. The summed E-state index contributed by atoms with van der Waals surface area (Å²) in [4.78, 5) is 12.5. The van der Waals surface area contributed by atoms with Crippen molar-refractivity contribution in [2.24, 2.45) is 16.6 Å². The lowest BCUT2D eigenvalue weighted by Gasteiger charge is -2.49. The third-order valence-corrected chi connectivity index (χ3v) is 7.94. The van der Waals surface area contributed by atoms with E-state index in [0.29, 0.717) is 11.7 Å². The number of carbonyl (C=O) groups excluding carboxylic acids is 1. The summed E-state index contributed by atoms with van der Waals surface area (Å²) in [7, 11) is 0. The highest BCUT2D eigenvalue weighted by molar-refractivity contribution is 8.13. The molecule has 188 valence electrons.